The lowest BCUT2D eigenvalue weighted by Crippen LogP contribution is -2.60. The number of hydrogen-bond donors (Lipinski definition) is 1. The Bertz CT molecular complexity index is 342. The van der Waals surface area contributed by atoms with Crippen molar-refractivity contribution in [1.82, 2.24) is 9.80 Å². The molecule has 2 amide bonds. The van der Waals surface area contributed by atoms with Crippen molar-refractivity contribution in [2.45, 2.75) is 39.3 Å². The average Bonchev–Trinajstić information content (AvgIpc) is 2.18. The SMILES string of the molecule is CC(=O)N1C[C@H](C)N(C(C)=O)C[C@H]1CC(=O)O. The zero-order valence-corrected chi connectivity index (χ0v) is 10.3. The van der Waals surface area contributed by atoms with Gasteiger partial charge in [0.15, 0.2) is 0 Å². The van der Waals surface area contributed by atoms with Crippen molar-refractivity contribution in [3.8, 4) is 0 Å². The van der Waals surface area contributed by atoms with Gasteiger partial charge in [0, 0.05) is 33.0 Å². The molecule has 1 aliphatic rings. The first-order chi connectivity index (χ1) is 7.82. The van der Waals surface area contributed by atoms with Crippen LogP contribution in [-0.4, -0.2) is 57.9 Å². The Morgan fingerprint density at radius 3 is 2.06 bits per heavy atom. The van der Waals surface area contributed by atoms with Crippen LogP contribution in [0.3, 0.4) is 0 Å². The van der Waals surface area contributed by atoms with Crippen LogP contribution < -0.4 is 0 Å². The Hall–Kier alpha value is -1.59. The molecular formula is C11H18N2O4. The van der Waals surface area contributed by atoms with Crippen LogP contribution in [0.5, 0.6) is 0 Å². The van der Waals surface area contributed by atoms with Gasteiger partial charge in [-0.25, -0.2) is 0 Å². The fourth-order valence-electron chi connectivity index (χ4n) is 2.24. The molecule has 0 unspecified atom stereocenters. The van der Waals surface area contributed by atoms with Crippen molar-refractivity contribution >= 4 is 17.8 Å². The predicted octanol–water partition coefficient (Wildman–Crippen LogP) is -0.0712. The minimum Gasteiger partial charge on any atom is -0.481 e. The molecule has 6 nitrogen and oxygen atoms in total. The fourth-order valence-corrected chi connectivity index (χ4v) is 2.24. The molecule has 0 radical (unpaired) electrons. The van der Waals surface area contributed by atoms with Crippen molar-refractivity contribution < 1.29 is 19.5 Å². The van der Waals surface area contributed by atoms with Crippen LogP contribution in [-0.2, 0) is 14.4 Å². The maximum Gasteiger partial charge on any atom is 0.305 e. The molecule has 1 rings (SSSR count). The molecule has 0 bridgehead atoms. The molecule has 17 heavy (non-hydrogen) atoms. The molecule has 1 aliphatic heterocycles. The van der Waals surface area contributed by atoms with E-state index in [9.17, 15) is 14.4 Å². The molecule has 0 saturated carbocycles. The third-order valence-electron chi connectivity index (χ3n) is 3.06. The Morgan fingerprint density at radius 2 is 1.65 bits per heavy atom. The number of carbonyl (C=O) groups is 3. The summed E-state index contributed by atoms with van der Waals surface area (Å²) in [6.07, 6.45) is -0.129. The summed E-state index contributed by atoms with van der Waals surface area (Å²) in [4.78, 5) is 36.7. The molecule has 0 aromatic carbocycles. The molecule has 1 fully saturated rings. The summed E-state index contributed by atoms with van der Waals surface area (Å²) in [5.41, 5.74) is 0. The van der Waals surface area contributed by atoms with Gasteiger partial charge in [0.25, 0.3) is 0 Å². The van der Waals surface area contributed by atoms with E-state index in [-0.39, 0.29) is 24.3 Å². The first kappa shape index (κ1) is 13.5. The van der Waals surface area contributed by atoms with E-state index in [1.165, 1.54) is 18.7 Å². The molecule has 6 heteroatoms. The van der Waals surface area contributed by atoms with Gasteiger partial charge in [0.1, 0.15) is 0 Å². The molecule has 1 saturated heterocycles. The second-order valence-electron chi connectivity index (χ2n) is 4.44. The molecule has 0 aliphatic carbocycles. The smallest absolute Gasteiger partial charge is 0.305 e. The van der Waals surface area contributed by atoms with Gasteiger partial charge in [-0.1, -0.05) is 0 Å². The largest absolute Gasteiger partial charge is 0.481 e. The Labute approximate surface area is 100 Å². The minimum absolute atomic E-state index is 0.0681. The summed E-state index contributed by atoms with van der Waals surface area (Å²) >= 11 is 0. The molecular weight excluding hydrogens is 224 g/mol. The van der Waals surface area contributed by atoms with Crippen LogP contribution >= 0.6 is 0 Å². The van der Waals surface area contributed by atoms with E-state index in [0.29, 0.717) is 13.1 Å². The summed E-state index contributed by atoms with van der Waals surface area (Å²) in [6.45, 7) is 5.42. The lowest BCUT2D eigenvalue weighted by Gasteiger charge is -2.44. The van der Waals surface area contributed by atoms with Crippen molar-refractivity contribution in [2.75, 3.05) is 13.1 Å². The number of carboxylic acids is 1. The summed E-state index contributed by atoms with van der Waals surface area (Å²) in [7, 11) is 0. The number of piperazine rings is 1. The normalized spacial score (nSPS) is 24.6. The maximum absolute atomic E-state index is 11.4. The maximum atomic E-state index is 11.4. The van der Waals surface area contributed by atoms with Crippen LogP contribution in [0.2, 0.25) is 0 Å². The summed E-state index contributed by atoms with van der Waals surface area (Å²) < 4.78 is 0. The second kappa shape index (κ2) is 5.16. The molecule has 96 valence electrons. The standard InChI is InChI=1S/C11H18N2O4/c1-7-5-13(9(3)15)10(4-11(16)17)6-12(7)8(2)14/h7,10H,4-6H2,1-3H3,(H,16,17)/t7-,10+/m0/s1. The van der Waals surface area contributed by atoms with E-state index >= 15 is 0 Å². The molecule has 1 heterocycles. The van der Waals surface area contributed by atoms with E-state index in [1.54, 1.807) is 4.90 Å². The summed E-state index contributed by atoms with van der Waals surface area (Å²) in [5.74, 6) is -1.19. The van der Waals surface area contributed by atoms with Gasteiger partial charge in [-0.15, -0.1) is 0 Å². The highest BCUT2D eigenvalue weighted by Gasteiger charge is 2.35. The zero-order valence-electron chi connectivity index (χ0n) is 10.3. The van der Waals surface area contributed by atoms with Gasteiger partial charge < -0.3 is 14.9 Å². The summed E-state index contributed by atoms with van der Waals surface area (Å²) in [6, 6.07) is -0.494. The first-order valence-electron chi connectivity index (χ1n) is 5.59. The average molecular weight is 242 g/mol. The van der Waals surface area contributed by atoms with Gasteiger partial charge in [0.05, 0.1) is 12.5 Å². The zero-order chi connectivity index (χ0) is 13.2. The number of aliphatic carboxylic acids is 1. The van der Waals surface area contributed by atoms with Gasteiger partial charge in [0.2, 0.25) is 11.8 Å². The van der Waals surface area contributed by atoms with Gasteiger partial charge in [-0.05, 0) is 6.92 Å². The topological polar surface area (TPSA) is 77.9 Å². The van der Waals surface area contributed by atoms with E-state index in [0.717, 1.165) is 0 Å². The van der Waals surface area contributed by atoms with Crippen LogP contribution in [0.25, 0.3) is 0 Å². The summed E-state index contributed by atoms with van der Waals surface area (Å²) in [5, 5.41) is 8.81. The number of hydrogen-bond acceptors (Lipinski definition) is 3. The first-order valence-corrected chi connectivity index (χ1v) is 5.59. The Balaban J connectivity index is 2.84. The van der Waals surface area contributed by atoms with Crippen molar-refractivity contribution in [2.24, 2.45) is 0 Å². The molecule has 1 N–H and O–H groups in total. The monoisotopic (exact) mass is 242 g/mol. The van der Waals surface area contributed by atoms with E-state index in [2.05, 4.69) is 0 Å². The van der Waals surface area contributed by atoms with Gasteiger partial charge in [-0.3, -0.25) is 14.4 Å². The van der Waals surface area contributed by atoms with Gasteiger partial charge >= 0.3 is 5.97 Å². The molecule has 0 aromatic rings. The minimum atomic E-state index is -0.959. The lowest BCUT2D eigenvalue weighted by molar-refractivity contribution is -0.148. The number of nitrogens with zero attached hydrogens (tertiary/aromatic N) is 2. The molecule has 0 spiro atoms. The van der Waals surface area contributed by atoms with Crippen molar-refractivity contribution in [3.63, 3.8) is 0 Å². The van der Waals surface area contributed by atoms with Gasteiger partial charge in [-0.2, -0.15) is 0 Å². The Kier molecular flexibility index (Phi) is 4.09. The van der Waals surface area contributed by atoms with Crippen LogP contribution in [0, 0.1) is 0 Å². The van der Waals surface area contributed by atoms with Crippen molar-refractivity contribution in [3.05, 3.63) is 0 Å². The number of rotatable bonds is 2. The molecule has 2 atom stereocenters. The number of amides is 2. The lowest BCUT2D eigenvalue weighted by atomic mass is 10.0. The van der Waals surface area contributed by atoms with Crippen molar-refractivity contribution in [1.29, 1.82) is 0 Å². The number of carbonyl (C=O) groups excluding carboxylic acids is 2. The van der Waals surface area contributed by atoms with E-state index in [4.69, 9.17) is 5.11 Å². The Morgan fingerprint density at radius 1 is 1.12 bits per heavy atom. The highest BCUT2D eigenvalue weighted by atomic mass is 16.4. The second-order valence-corrected chi connectivity index (χ2v) is 4.44. The third kappa shape index (κ3) is 3.18. The van der Waals surface area contributed by atoms with Crippen LogP contribution in [0.1, 0.15) is 27.2 Å². The van der Waals surface area contributed by atoms with Crippen LogP contribution in [0.4, 0.5) is 0 Å². The highest BCUT2D eigenvalue weighted by molar-refractivity contribution is 5.77. The highest BCUT2D eigenvalue weighted by Crippen LogP contribution is 2.18. The number of carboxylic acid groups (broad SMARTS) is 1. The van der Waals surface area contributed by atoms with E-state index in [1.807, 2.05) is 6.92 Å². The fraction of sp³-hybridized carbons (Fsp3) is 0.727. The third-order valence-corrected chi connectivity index (χ3v) is 3.06. The van der Waals surface area contributed by atoms with E-state index < -0.39 is 12.0 Å². The quantitative estimate of drug-likeness (QED) is 0.735. The predicted molar refractivity (Wildman–Crippen MR) is 60.3 cm³/mol. The molecule has 0 aromatic heterocycles. The van der Waals surface area contributed by atoms with Crippen LogP contribution in [0.15, 0.2) is 0 Å².